The molecule has 1 saturated heterocycles. The van der Waals surface area contributed by atoms with Gasteiger partial charge in [0.05, 0.1) is 11.7 Å². The molecular weight excluding hydrogens is 428 g/mol. The number of aromatic nitrogens is 3. The molecule has 3 heterocycles. The van der Waals surface area contributed by atoms with Gasteiger partial charge in [0.25, 0.3) is 5.91 Å². The number of anilines is 1. The molecule has 10 heteroatoms. The van der Waals surface area contributed by atoms with Crippen LogP contribution in [0.25, 0.3) is 5.65 Å². The number of para-hydroxylation sites is 1. The number of thioether (sulfide) groups is 1. The van der Waals surface area contributed by atoms with E-state index in [1.165, 1.54) is 0 Å². The molecule has 1 unspecified atom stereocenters. The zero-order valence-electron chi connectivity index (χ0n) is 17.6. The summed E-state index contributed by atoms with van der Waals surface area (Å²) in [7, 11) is 0. The summed E-state index contributed by atoms with van der Waals surface area (Å²) in [6.45, 7) is 0. The number of nitrogens with zero attached hydrogens (tertiary/aromatic N) is 4. The van der Waals surface area contributed by atoms with Crippen LogP contribution in [-0.2, 0) is 9.59 Å². The SMILES string of the molecule is CSCC[C@H](NC(=O)CCC1NC(=O)N(c2ccccc2)C1=O)c1nnc2ccccn12. The van der Waals surface area contributed by atoms with E-state index in [0.717, 1.165) is 10.7 Å². The molecule has 0 aliphatic carbocycles. The van der Waals surface area contributed by atoms with E-state index in [1.807, 2.05) is 41.1 Å². The molecule has 0 spiro atoms. The maximum absolute atomic E-state index is 12.7. The number of nitrogens with one attached hydrogen (secondary N) is 2. The number of rotatable bonds is 9. The lowest BCUT2D eigenvalue weighted by Crippen LogP contribution is -2.34. The Hall–Kier alpha value is -3.40. The summed E-state index contributed by atoms with van der Waals surface area (Å²) < 4.78 is 1.86. The second kappa shape index (κ2) is 9.82. The van der Waals surface area contributed by atoms with Crippen LogP contribution in [0.5, 0.6) is 0 Å². The third-order valence-corrected chi connectivity index (χ3v) is 5.94. The van der Waals surface area contributed by atoms with Crippen LogP contribution in [-0.4, -0.2) is 50.5 Å². The van der Waals surface area contributed by atoms with Crippen LogP contribution < -0.4 is 15.5 Å². The highest BCUT2D eigenvalue weighted by Crippen LogP contribution is 2.22. The van der Waals surface area contributed by atoms with Gasteiger partial charge < -0.3 is 10.6 Å². The lowest BCUT2D eigenvalue weighted by Gasteiger charge is -2.17. The van der Waals surface area contributed by atoms with Crippen LogP contribution >= 0.6 is 11.8 Å². The summed E-state index contributed by atoms with van der Waals surface area (Å²) in [6.07, 6.45) is 4.90. The predicted octanol–water partition coefficient (Wildman–Crippen LogP) is 2.54. The Balaban J connectivity index is 1.39. The molecule has 2 N–H and O–H groups in total. The first-order valence-corrected chi connectivity index (χ1v) is 11.8. The van der Waals surface area contributed by atoms with Crippen LogP contribution in [0, 0.1) is 0 Å². The van der Waals surface area contributed by atoms with Crippen LogP contribution in [0.3, 0.4) is 0 Å². The number of hydrogen-bond acceptors (Lipinski definition) is 6. The monoisotopic (exact) mass is 452 g/mol. The summed E-state index contributed by atoms with van der Waals surface area (Å²) in [5.74, 6) is 0.958. The van der Waals surface area contributed by atoms with Gasteiger partial charge in [-0.3, -0.25) is 14.0 Å². The largest absolute Gasteiger partial charge is 0.346 e. The normalized spacial score (nSPS) is 16.9. The van der Waals surface area contributed by atoms with Crippen molar-refractivity contribution in [1.29, 1.82) is 0 Å². The molecule has 1 aliphatic rings. The molecule has 4 amide bonds. The fourth-order valence-electron chi connectivity index (χ4n) is 3.69. The van der Waals surface area contributed by atoms with Gasteiger partial charge in [-0.15, -0.1) is 10.2 Å². The Labute approximate surface area is 189 Å². The maximum atomic E-state index is 12.7. The number of amides is 4. The fourth-order valence-corrected chi connectivity index (χ4v) is 4.16. The average molecular weight is 453 g/mol. The number of carbonyl (C=O) groups excluding carboxylic acids is 3. The second-order valence-electron chi connectivity index (χ2n) is 7.44. The summed E-state index contributed by atoms with van der Waals surface area (Å²) in [6, 6.07) is 12.9. The zero-order valence-corrected chi connectivity index (χ0v) is 18.4. The van der Waals surface area contributed by atoms with Crippen molar-refractivity contribution in [2.45, 2.75) is 31.3 Å². The van der Waals surface area contributed by atoms with Crippen LogP contribution in [0.2, 0.25) is 0 Å². The summed E-state index contributed by atoms with van der Waals surface area (Å²) >= 11 is 1.69. The van der Waals surface area contributed by atoms with Crippen molar-refractivity contribution in [3.05, 3.63) is 60.6 Å². The van der Waals surface area contributed by atoms with Gasteiger partial charge in [0.2, 0.25) is 5.91 Å². The second-order valence-corrected chi connectivity index (χ2v) is 8.42. The van der Waals surface area contributed by atoms with Crippen molar-refractivity contribution < 1.29 is 14.4 Å². The first-order valence-electron chi connectivity index (χ1n) is 10.4. The minimum Gasteiger partial charge on any atom is -0.346 e. The van der Waals surface area contributed by atoms with Gasteiger partial charge in [-0.05, 0) is 49.1 Å². The minimum absolute atomic E-state index is 0.103. The van der Waals surface area contributed by atoms with Crippen LogP contribution in [0.15, 0.2) is 54.7 Å². The van der Waals surface area contributed by atoms with E-state index in [0.29, 0.717) is 23.6 Å². The molecule has 32 heavy (non-hydrogen) atoms. The molecule has 0 bridgehead atoms. The highest BCUT2D eigenvalue weighted by atomic mass is 32.2. The van der Waals surface area contributed by atoms with E-state index in [9.17, 15) is 14.4 Å². The van der Waals surface area contributed by atoms with Gasteiger partial charge in [-0.25, -0.2) is 9.69 Å². The molecule has 9 nitrogen and oxygen atoms in total. The van der Waals surface area contributed by atoms with E-state index in [-0.39, 0.29) is 30.7 Å². The molecule has 2 atom stereocenters. The lowest BCUT2D eigenvalue weighted by atomic mass is 10.1. The molecule has 4 rings (SSSR count). The van der Waals surface area contributed by atoms with Gasteiger partial charge in [0.15, 0.2) is 11.5 Å². The predicted molar refractivity (Wildman–Crippen MR) is 122 cm³/mol. The van der Waals surface area contributed by atoms with Crippen molar-refractivity contribution in [3.8, 4) is 0 Å². The Bertz CT molecular complexity index is 1120. The van der Waals surface area contributed by atoms with Crippen molar-refractivity contribution in [1.82, 2.24) is 25.2 Å². The third kappa shape index (κ3) is 4.59. The zero-order chi connectivity index (χ0) is 22.5. The number of fused-ring (bicyclic) bond motifs is 1. The van der Waals surface area contributed by atoms with E-state index < -0.39 is 12.1 Å². The molecule has 0 radical (unpaired) electrons. The van der Waals surface area contributed by atoms with E-state index in [1.54, 1.807) is 36.0 Å². The van der Waals surface area contributed by atoms with Crippen LogP contribution in [0.4, 0.5) is 10.5 Å². The molecule has 1 aromatic carbocycles. The Morgan fingerprint density at radius 1 is 1.16 bits per heavy atom. The highest BCUT2D eigenvalue weighted by molar-refractivity contribution is 7.98. The molecule has 0 saturated carbocycles. The van der Waals surface area contributed by atoms with E-state index in [2.05, 4.69) is 20.8 Å². The summed E-state index contributed by atoms with van der Waals surface area (Å²) in [5, 5.41) is 14.2. The van der Waals surface area contributed by atoms with E-state index in [4.69, 9.17) is 0 Å². The Kier molecular flexibility index (Phi) is 6.69. The van der Waals surface area contributed by atoms with Gasteiger partial charge in [0.1, 0.15) is 6.04 Å². The number of urea groups is 1. The van der Waals surface area contributed by atoms with E-state index >= 15 is 0 Å². The van der Waals surface area contributed by atoms with Gasteiger partial charge in [-0.1, -0.05) is 24.3 Å². The van der Waals surface area contributed by atoms with Crippen molar-refractivity contribution in [3.63, 3.8) is 0 Å². The quantitative estimate of drug-likeness (QED) is 0.483. The lowest BCUT2D eigenvalue weighted by molar-refractivity contribution is -0.122. The average Bonchev–Trinajstić information content (AvgIpc) is 3.36. The topological polar surface area (TPSA) is 109 Å². The molecule has 166 valence electrons. The maximum Gasteiger partial charge on any atom is 0.329 e. The fraction of sp³-hybridized carbons (Fsp3) is 0.318. The van der Waals surface area contributed by atoms with Gasteiger partial charge >= 0.3 is 6.03 Å². The molecular formula is C22H24N6O3S. The molecule has 3 aromatic rings. The number of imide groups is 1. The Morgan fingerprint density at radius 2 is 1.94 bits per heavy atom. The minimum atomic E-state index is -0.730. The number of benzene rings is 1. The van der Waals surface area contributed by atoms with Crippen LogP contribution in [0.1, 0.15) is 31.1 Å². The summed E-state index contributed by atoms with van der Waals surface area (Å²) in [4.78, 5) is 38.9. The number of hydrogen-bond donors (Lipinski definition) is 2. The van der Waals surface area contributed by atoms with Crippen molar-refractivity contribution in [2.24, 2.45) is 0 Å². The first-order chi connectivity index (χ1) is 15.6. The summed E-state index contributed by atoms with van der Waals surface area (Å²) in [5.41, 5.74) is 1.23. The smallest absolute Gasteiger partial charge is 0.329 e. The van der Waals surface area contributed by atoms with Gasteiger partial charge in [0, 0.05) is 12.6 Å². The molecule has 1 fully saturated rings. The standard InChI is InChI=1S/C22H24N6O3S/c1-32-14-12-16(20-26-25-18-9-5-6-13-27(18)20)23-19(29)11-10-17-21(30)28(22(31)24-17)15-7-3-2-4-8-15/h2-9,13,16-17H,10-12,14H2,1H3,(H,23,29)(H,24,31)/t16-,17?/m0/s1. The first kappa shape index (κ1) is 21.8. The van der Waals surface area contributed by atoms with Gasteiger partial charge in [-0.2, -0.15) is 11.8 Å². The highest BCUT2D eigenvalue weighted by Gasteiger charge is 2.39. The van der Waals surface area contributed by atoms with Crippen molar-refractivity contribution >= 4 is 40.9 Å². The number of carbonyl (C=O) groups is 3. The van der Waals surface area contributed by atoms with Crippen molar-refractivity contribution in [2.75, 3.05) is 16.9 Å². The Morgan fingerprint density at radius 3 is 2.72 bits per heavy atom. The third-order valence-electron chi connectivity index (χ3n) is 5.29. The number of pyridine rings is 1. The molecule has 1 aliphatic heterocycles. The molecule has 2 aromatic heterocycles.